The zero-order valence-corrected chi connectivity index (χ0v) is 17.5. The Balaban J connectivity index is 2.11. The van der Waals surface area contributed by atoms with Gasteiger partial charge in [-0.05, 0) is 32.9 Å². The van der Waals surface area contributed by atoms with Crippen molar-refractivity contribution in [2.45, 2.75) is 46.8 Å². The van der Waals surface area contributed by atoms with Crippen molar-refractivity contribution in [3.8, 4) is 11.5 Å². The van der Waals surface area contributed by atoms with E-state index in [0.717, 1.165) is 29.0 Å². The van der Waals surface area contributed by atoms with Gasteiger partial charge in [0.15, 0.2) is 15.8 Å². The van der Waals surface area contributed by atoms with E-state index in [4.69, 9.17) is 9.47 Å². The van der Waals surface area contributed by atoms with Gasteiger partial charge in [0, 0.05) is 36.4 Å². The van der Waals surface area contributed by atoms with E-state index in [1.54, 1.807) is 6.92 Å². The van der Waals surface area contributed by atoms with E-state index in [2.05, 4.69) is 22.5 Å². The second-order valence-electron chi connectivity index (χ2n) is 6.49. The number of rotatable bonds is 9. The molecule has 0 spiro atoms. The Morgan fingerprint density at radius 1 is 1.30 bits per heavy atom. The molecule has 2 rings (SSSR count). The standard InChI is InChI=1S/C19H31N3O4S/c1-5-20-19(21-8-9-27(23,24)7-3)22-13-16-12-18-15(10-14(4)26-18)11-17(16)25-6-2/h11-12,14H,5-10,13H2,1-4H3,(H2,20,21,22). The maximum absolute atomic E-state index is 11.6. The van der Waals surface area contributed by atoms with Crippen molar-refractivity contribution < 1.29 is 17.9 Å². The zero-order valence-electron chi connectivity index (χ0n) is 16.7. The van der Waals surface area contributed by atoms with Crippen LogP contribution in [0.5, 0.6) is 11.5 Å². The van der Waals surface area contributed by atoms with Gasteiger partial charge in [0.2, 0.25) is 0 Å². The van der Waals surface area contributed by atoms with Gasteiger partial charge < -0.3 is 20.1 Å². The number of hydrogen-bond donors (Lipinski definition) is 2. The summed E-state index contributed by atoms with van der Waals surface area (Å²) in [6, 6.07) is 4.04. The minimum absolute atomic E-state index is 0.0860. The molecule has 0 aliphatic carbocycles. The molecule has 0 saturated heterocycles. The summed E-state index contributed by atoms with van der Waals surface area (Å²) in [5.41, 5.74) is 2.11. The number of guanidine groups is 1. The minimum Gasteiger partial charge on any atom is -0.494 e. The fraction of sp³-hybridized carbons (Fsp3) is 0.632. The molecule has 8 heteroatoms. The maximum atomic E-state index is 11.6. The number of fused-ring (bicyclic) bond motifs is 1. The fourth-order valence-corrected chi connectivity index (χ4v) is 3.57. The summed E-state index contributed by atoms with van der Waals surface area (Å²) >= 11 is 0. The lowest BCUT2D eigenvalue weighted by atomic mass is 10.1. The van der Waals surface area contributed by atoms with Crippen LogP contribution in [0, 0.1) is 0 Å². The van der Waals surface area contributed by atoms with E-state index in [0.29, 0.717) is 32.2 Å². The Labute approximate surface area is 162 Å². The highest BCUT2D eigenvalue weighted by Gasteiger charge is 2.21. The van der Waals surface area contributed by atoms with E-state index < -0.39 is 9.84 Å². The molecule has 27 heavy (non-hydrogen) atoms. The number of sulfone groups is 1. The van der Waals surface area contributed by atoms with Gasteiger partial charge in [-0.1, -0.05) is 6.92 Å². The Kier molecular flexibility index (Phi) is 7.77. The van der Waals surface area contributed by atoms with Gasteiger partial charge in [-0.3, -0.25) is 0 Å². The van der Waals surface area contributed by atoms with E-state index >= 15 is 0 Å². The molecule has 0 radical (unpaired) electrons. The average Bonchev–Trinajstić information content (AvgIpc) is 2.98. The van der Waals surface area contributed by atoms with Crippen molar-refractivity contribution >= 4 is 15.8 Å². The monoisotopic (exact) mass is 397 g/mol. The summed E-state index contributed by atoms with van der Waals surface area (Å²) in [5, 5.41) is 6.22. The zero-order chi connectivity index (χ0) is 19.9. The number of nitrogens with one attached hydrogen (secondary N) is 2. The van der Waals surface area contributed by atoms with Crippen molar-refractivity contribution in [2.75, 3.05) is 31.2 Å². The lowest BCUT2D eigenvalue weighted by Gasteiger charge is -2.14. The molecule has 152 valence electrons. The maximum Gasteiger partial charge on any atom is 0.191 e. The summed E-state index contributed by atoms with van der Waals surface area (Å²) in [4.78, 5) is 4.58. The van der Waals surface area contributed by atoms with Gasteiger partial charge >= 0.3 is 0 Å². The van der Waals surface area contributed by atoms with Gasteiger partial charge in [-0.25, -0.2) is 13.4 Å². The second kappa shape index (κ2) is 9.82. The first kappa shape index (κ1) is 21.3. The lowest BCUT2D eigenvalue weighted by Crippen LogP contribution is -2.39. The second-order valence-corrected chi connectivity index (χ2v) is 8.96. The van der Waals surface area contributed by atoms with Crippen LogP contribution in [0.4, 0.5) is 0 Å². The van der Waals surface area contributed by atoms with Gasteiger partial charge in [0.25, 0.3) is 0 Å². The van der Waals surface area contributed by atoms with Crippen molar-refractivity contribution in [3.63, 3.8) is 0 Å². The molecule has 1 heterocycles. The number of ether oxygens (including phenoxy) is 2. The van der Waals surface area contributed by atoms with Crippen LogP contribution in [0.15, 0.2) is 17.1 Å². The highest BCUT2D eigenvalue weighted by Crippen LogP contribution is 2.35. The molecule has 0 saturated carbocycles. The summed E-state index contributed by atoms with van der Waals surface area (Å²) in [6.07, 6.45) is 1.06. The van der Waals surface area contributed by atoms with Crippen LogP contribution in [0.25, 0.3) is 0 Å². The predicted octanol–water partition coefficient (Wildman–Crippen LogP) is 1.90. The number of nitrogens with zero attached hydrogens (tertiary/aromatic N) is 1. The molecule has 7 nitrogen and oxygen atoms in total. The van der Waals surface area contributed by atoms with E-state index in [9.17, 15) is 8.42 Å². The topological polar surface area (TPSA) is 89.0 Å². The molecular weight excluding hydrogens is 366 g/mol. The van der Waals surface area contributed by atoms with Crippen LogP contribution in [0.1, 0.15) is 38.8 Å². The first-order chi connectivity index (χ1) is 12.9. The van der Waals surface area contributed by atoms with Gasteiger partial charge in [0.05, 0.1) is 18.9 Å². The van der Waals surface area contributed by atoms with Crippen LogP contribution < -0.4 is 20.1 Å². The van der Waals surface area contributed by atoms with Crippen molar-refractivity contribution in [1.29, 1.82) is 0 Å². The normalized spacial score (nSPS) is 16.6. The summed E-state index contributed by atoms with van der Waals surface area (Å²) in [6.45, 7) is 9.64. The van der Waals surface area contributed by atoms with E-state index in [-0.39, 0.29) is 17.6 Å². The Morgan fingerprint density at radius 3 is 2.74 bits per heavy atom. The van der Waals surface area contributed by atoms with Crippen LogP contribution in [-0.2, 0) is 22.8 Å². The number of hydrogen-bond acceptors (Lipinski definition) is 5. The van der Waals surface area contributed by atoms with E-state index in [1.165, 1.54) is 0 Å². The first-order valence-corrected chi connectivity index (χ1v) is 11.4. The number of aliphatic imine (C=N–C) groups is 1. The molecule has 1 aromatic rings. The number of benzene rings is 1. The minimum atomic E-state index is -3.01. The quantitative estimate of drug-likeness (QED) is 0.489. The molecule has 1 atom stereocenters. The van der Waals surface area contributed by atoms with Crippen molar-refractivity contribution in [2.24, 2.45) is 4.99 Å². The van der Waals surface area contributed by atoms with Crippen LogP contribution in [0.2, 0.25) is 0 Å². The van der Waals surface area contributed by atoms with E-state index in [1.807, 2.05) is 26.0 Å². The summed E-state index contributed by atoms with van der Waals surface area (Å²) in [7, 11) is -3.01. The predicted molar refractivity (Wildman–Crippen MR) is 109 cm³/mol. The molecule has 1 aromatic carbocycles. The third-order valence-electron chi connectivity index (χ3n) is 4.28. The molecule has 0 amide bonds. The highest BCUT2D eigenvalue weighted by molar-refractivity contribution is 7.91. The lowest BCUT2D eigenvalue weighted by molar-refractivity contribution is 0.254. The molecule has 0 aromatic heterocycles. The molecule has 1 aliphatic rings. The fourth-order valence-electron chi connectivity index (χ4n) is 2.87. The third kappa shape index (κ3) is 6.30. The molecular formula is C19H31N3O4S. The van der Waals surface area contributed by atoms with Gasteiger partial charge in [0.1, 0.15) is 17.6 Å². The SMILES string of the molecule is CCNC(=NCc1cc2c(cc1OCC)CC(C)O2)NCCS(=O)(=O)CC. The third-order valence-corrected chi connectivity index (χ3v) is 5.98. The van der Waals surface area contributed by atoms with Crippen LogP contribution in [0.3, 0.4) is 0 Å². The Morgan fingerprint density at radius 2 is 2.07 bits per heavy atom. The Hall–Kier alpha value is -1.96. The molecule has 0 bridgehead atoms. The first-order valence-electron chi connectivity index (χ1n) is 9.56. The molecule has 1 unspecified atom stereocenters. The summed E-state index contributed by atoms with van der Waals surface area (Å²) < 4.78 is 34.9. The molecule has 0 fully saturated rings. The Bertz CT molecular complexity index is 762. The highest BCUT2D eigenvalue weighted by atomic mass is 32.2. The van der Waals surface area contributed by atoms with Crippen LogP contribution in [-0.4, -0.2) is 51.7 Å². The average molecular weight is 398 g/mol. The molecule has 2 N–H and O–H groups in total. The van der Waals surface area contributed by atoms with Crippen molar-refractivity contribution in [1.82, 2.24) is 10.6 Å². The van der Waals surface area contributed by atoms with Crippen LogP contribution >= 0.6 is 0 Å². The summed E-state index contributed by atoms with van der Waals surface area (Å²) in [5.74, 6) is 2.53. The molecule has 1 aliphatic heterocycles. The van der Waals surface area contributed by atoms with Gasteiger partial charge in [-0.15, -0.1) is 0 Å². The van der Waals surface area contributed by atoms with Crippen molar-refractivity contribution in [3.05, 3.63) is 23.3 Å². The smallest absolute Gasteiger partial charge is 0.191 e. The largest absolute Gasteiger partial charge is 0.494 e. The van der Waals surface area contributed by atoms with Gasteiger partial charge in [-0.2, -0.15) is 0 Å².